The minimum atomic E-state index is -0.201. The van der Waals surface area contributed by atoms with Gasteiger partial charge in [-0.1, -0.05) is 18.2 Å². The number of oxazole rings is 1. The predicted molar refractivity (Wildman–Crippen MR) is 100 cm³/mol. The van der Waals surface area contributed by atoms with Crippen LogP contribution in [0.2, 0.25) is 0 Å². The molecule has 7 heteroatoms. The lowest BCUT2D eigenvalue weighted by Crippen LogP contribution is -2.17. The molecule has 4 rings (SSSR count). The van der Waals surface area contributed by atoms with Gasteiger partial charge < -0.3 is 9.73 Å². The van der Waals surface area contributed by atoms with E-state index in [1.807, 2.05) is 30.3 Å². The molecule has 0 spiro atoms. The second kappa shape index (κ2) is 7.25. The first-order valence-corrected chi connectivity index (χ1v) is 8.47. The van der Waals surface area contributed by atoms with Crippen molar-refractivity contribution in [1.82, 2.24) is 19.7 Å². The summed E-state index contributed by atoms with van der Waals surface area (Å²) in [7, 11) is 0. The number of pyridine rings is 1. The van der Waals surface area contributed by atoms with Gasteiger partial charge >= 0.3 is 0 Å². The maximum absolute atomic E-state index is 12.6. The number of amides is 1. The summed E-state index contributed by atoms with van der Waals surface area (Å²) in [5.74, 6) is 1.49. The Kier molecular flexibility index (Phi) is 4.49. The first-order valence-electron chi connectivity index (χ1n) is 8.47. The van der Waals surface area contributed by atoms with Crippen LogP contribution in [0.5, 0.6) is 0 Å². The number of aryl methyl sites for hydroxylation is 1. The molecule has 4 aromatic rings. The highest BCUT2D eigenvalue weighted by atomic mass is 16.4. The van der Waals surface area contributed by atoms with Gasteiger partial charge in [-0.15, -0.1) is 0 Å². The van der Waals surface area contributed by atoms with Crippen molar-refractivity contribution in [2.75, 3.05) is 5.32 Å². The van der Waals surface area contributed by atoms with E-state index in [1.54, 1.807) is 48.4 Å². The molecule has 0 saturated heterocycles. The van der Waals surface area contributed by atoms with E-state index in [1.165, 1.54) is 0 Å². The molecule has 0 bridgehead atoms. The van der Waals surface area contributed by atoms with E-state index in [0.29, 0.717) is 28.9 Å². The van der Waals surface area contributed by atoms with Gasteiger partial charge in [-0.05, 0) is 37.3 Å². The average molecular weight is 359 g/mol. The molecule has 0 fully saturated rings. The van der Waals surface area contributed by atoms with E-state index in [0.717, 1.165) is 5.56 Å². The van der Waals surface area contributed by atoms with Crippen LogP contribution < -0.4 is 5.32 Å². The molecule has 1 amide bonds. The first kappa shape index (κ1) is 16.7. The third kappa shape index (κ3) is 3.62. The molecule has 27 heavy (non-hydrogen) atoms. The molecule has 3 aromatic heterocycles. The molecule has 0 aliphatic heterocycles. The molecule has 0 atom stereocenters. The van der Waals surface area contributed by atoms with Crippen LogP contribution in [0, 0.1) is 6.92 Å². The van der Waals surface area contributed by atoms with Crippen LogP contribution in [-0.2, 0) is 11.2 Å². The summed E-state index contributed by atoms with van der Waals surface area (Å²) in [4.78, 5) is 21.3. The molecule has 1 aromatic carbocycles. The Morgan fingerprint density at radius 1 is 1.11 bits per heavy atom. The SMILES string of the molecule is Cc1oc(-c2ccccc2)nc1CC(=O)Nc1cccnc1-n1cccn1. The number of nitrogens with one attached hydrogen (secondary N) is 1. The normalized spacial score (nSPS) is 10.7. The van der Waals surface area contributed by atoms with Crippen LogP contribution in [0.25, 0.3) is 17.3 Å². The van der Waals surface area contributed by atoms with Gasteiger partial charge in [0.05, 0.1) is 17.8 Å². The van der Waals surface area contributed by atoms with E-state index in [4.69, 9.17) is 4.42 Å². The monoisotopic (exact) mass is 359 g/mol. The van der Waals surface area contributed by atoms with E-state index in [9.17, 15) is 4.79 Å². The summed E-state index contributed by atoms with van der Waals surface area (Å²) in [5, 5.41) is 7.04. The van der Waals surface area contributed by atoms with Crippen LogP contribution in [0.1, 0.15) is 11.5 Å². The summed E-state index contributed by atoms with van der Waals surface area (Å²) in [5.41, 5.74) is 2.06. The summed E-state index contributed by atoms with van der Waals surface area (Å²) in [6.45, 7) is 1.81. The molecule has 7 nitrogen and oxygen atoms in total. The van der Waals surface area contributed by atoms with E-state index in [-0.39, 0.29) is 12.3 Å². The van der Waals surface area contributed by atoms with Gasteiger partial charge in [0.1, 0.15) is 5.76 Å². The Morgan fingerprint density at radius 2 is 1.96 bits per heavy atom. The summed E-state index contributed by atoms with van der Waals surface area (Å²) < 4.78 is 7.32. The number of benzene rings is 1. The zero-order valence-electron chi connectivity index (χ0n) is 14.7. The molecule has 3 heterocycles. The van der Waals surface area contributed by atoms with Crippen LogP contribution in [-0.4, -0.2) is 25.7 Å². The van der Waals surface area contributed by atoms with Crippen LogP contribution in [0.3, 0.4) is 0 Å². The fraction of sp³-hybridized carbons (Fsp3) is 0.100. The summed E-state index contributed by atoms with van der Waals surface area (Å²) in [6, 6.07) is 14.9. The highest BCUT2D eigenvalue weighted by molar-refractivity contribution is 5.93. The van der Waals surface area contributed by atoms with Crippen molar-refractivity contribution >= 4 is 11.6 Å². The van der Waals surface area contributed by atoms with Crippen molar-refractivity contribution in [3.05, 3.63) is 78.6 Å². The quantitative estimate of drug-likeness (QED) is 0.590. The number of aromatic nitrogens is 4. The number of rotatable bonds is 5. The largest absolute Gasteiger partial charge is 0.441 e. The third-order valence-electron chi connectivity index (χ3n) is 4.02. The predicted octanol–water partition coefficient (Wildman–Crippen LogP) is 3.41. The second-order valence-electron chi connectivity index (χ2n) is 5.94. The van der Waals surface area contributed by atoms with Gasteiger partial charge in [-0.25, -0.2) is 14.6 Å². The van der Waals surface area contributed by atoms with Gasteiger partial charge in [0.25, 0.3) is 0 Å². The minimum absolute atomic E-state index is 0.107. The summed E-state index contributed by atoms with van der Waals surface area (Å²) >= 11 is 0. The van der Waals surface area contributed by atoms with Crippen molar-refractivity contribution in [2.24, 2.45) is 0 Å². The van der Waals surface area contributed by atoms with Gasteiger partial charge in [0, 0.05) is 24.2 Å². The minimum Gasteiger partial charge on any atom is -0.441 e. The van der Waals surface area contributed by atoms with Crippen molar-refractivity contribution in [1.29, 1.82) is 0 Å². The van der Waals surface area contributed by atoms with Crippen molar-refractivity contribution in [3.8, 4) is 17.3 Å². The Hall–Kier alpha value is -3.74. The van der Waals surface area contributed by atoms with Crippen molar-refractivity contribution < 1.29 is 9.21 Å². The van der Waals surface area contributed by atoms with Gasteiger partial charge in [0.2, 0.25) is 11.8 Å². The van der Waals surface area contributed by atoms with Crippen molar-refractivity contribution in [3.63, 3.8) is 0 Å². The number of anilines is 1. The highest BCUT2D eigenvalue weighted by Gasteiger charge is 2.16. The number of hydrogen-bond acceptors (Lipinski definition) is 5. The molecule has 0 aliphatic carbocycles. The Morgan fingerprint density at radius 3 is 2.74 bits per heavy atom. The Labute approximate surface area is 155 Å². The van der Waals surface area contributed by atoms with Gasteiger partial charge in [-0.3, -0.25) is 4.79 Å². The van der Waals surface area contributed by atoms with E-state index >= 15 is 0 Å². The van der Waals surface area contributed by atoms with Gasteiger partial charge in [0.15, 0.2) is 5.82 Å². The molecular weight excluding hydrogens is 342 g/mol. The summed E-state index contributed by atoms with van der Waals surface area (Å²) in [6.07, 6.45) is 5.19. The van der Waals surface area contributed by atoms with Crippen molar-refractivity contribution in [2.45, 2.75) is 13.3 Å². The lowest BCUT2D eigenvalue weighted by molar-refractivity contribution is -0.115. The van der Waals surface area contributed by atoms with Crippen LogP contribution in [0.15, 0.2) is 71.5 Å². The van der Waals surface area contributed by atoms with Crippen LogP contribution in [0.4, 0.5) is 5.69 Å². The second-order valence-corrected chi connectivity index (χ2v) is 5.94. The Bertz CT molecular complexity index is 1060. The average Bonchev–Trinajstić information content (AvgIpc) is 3.34. The molecular formula is C20H17N5O2. The standard InChI is InChI=1S/C20H17N5O2/c1-14-17(24-20(27-14)15-7-3-2-4-8-15)13-18(26)23-16-9-5-10-21-19(16)25-12-6-11-22-25/h2-12H,13H2,1H3,(H,23,26). The maximum Gasteiger partial charge on any atom is 0.230 e. The van der Waals surface area contributed by atoms with E-state index < -0.39 is 0 Å². The zero-order chi connectivity index (χ0) is 18.6. The number of carbonyl (C=O) groups is 1. The molecule has 134 valence electrons. The molecule has 0 unspecified atom stereocenters. The number of hydrogen-bond donors (Lipinski definition) is 1. The lowest BCUT2D eigenvalue weighted by atomic mass is 10.2. The number of nitrogens with zero attached hydrogens (tertiary/aromatic N) is 4. The smallest absolute Gasteiger partial charge is 0.230 e. The van der Waals surface area contributed by atoms with Crippen LogP contribution >= 0.6 is 0 Å². The fourth-order valence-electron chi connectivity index (χ4n) is 2.71. The van der Waals surface area contributed by atoms with Gasteiger partial charge in [-0.2, -0.15) is 5.10 Å². The molecule has 0 aliphatic rings. The Balaban J connectivity index is 1.52. The highest BCUT2D eigenvalue weighted by Crippen LogP contribution is 2.22. The fourth-order valence-corrected chi connectivity index (χ4v) is 2.71. The first-order chi connectivity index (χ1) is 13.2. The topological polar surface area (TPSA) is 85.8 Å². The maximum atomic E-state index is 12.6. The third-order valence-corrected chi connectivity index (χ3v) is 4.02. The number of carbonyl (C=O) groups excluding carboxylic acids is 1. The molecule has 0 saturated carbocycles. The molecule has 1 N–H and O–H groups in total. The van der Waals surface area contributed by atoms with E-state index in [2.05, 4.69) is 20.4 Å². The molecule has 0 radical (unpaired) electrons. The lowest BCUT2D eigenvalue weighted by Gasteiger charge is -2.09. The zero-order valence-corrected chi connectivity index (χ0v) is 14.7.